The number of rotatable bonds is 4. The van der Waals surface area contributed by atoms with Crippen LogP contribution in [0, 0.1) is 5.92 Å². The summed E-state index contributed by atoms with van der Waals surface area (Å²) in [6, 6.07) is 3.60. The number of carbonyl (C=O) groups is 3. The molecule has 146 valence electrons. The molecule has 0 unspecified atom stereocenters. The SMILES string of the molecule is CC(C)CC(=O)C(=O)N1CCN(C(=O)c2ccccn2)[C@@H]2CS(=O)(=O)C[C@@H]21. The van der Waals surface area contributed by atoms with Crippen LogP contribution in [0.15, 0.2) is 24.4 Å². The molecule has 9 heteroatoms. The second-order valence-corrected chi connectivity index (χ2v) is 9.60. The predicted molar refractivity (Wildman–Crippen MR) is 97.7 cm³/mol. The van der Waals surface area contributed by atoms with Gasteiger partial charge in [0.25, 0.3) is 11.8 Å². The normalized spacial score (nSPS) is 24.0. The Labute approximate surface area is 158 Å². The largest absolute Gasteiger partial charge is 0.329 e. The molecule has 0 radical (unpaired) electrons. The smallest absolute Gasteiger partial charge is 0.290 e. The van der Waals surface area contributed by atoms with E-state index in [1.54, 1.807) is 18.2 Å². The molecule has 0 aromatic carbocycles. The van der Waals surface area contributed by atoms with Crippen LogP contribution in [0.25, 0.3) is 0 Å². The number of ketones is 1. The Hall–Kier alpha value is -2.29. The highest BCUT2D eigenvalue weighted by Gasteiger charge is 2.50. The number of amides is 2. The molecule has 2 fully saturated rings. The summed E-state index contributed by atoms with van der Waals surface area (Å²) < 4.78 is 24.5. The Balaban J connectivity index is 1.85. The molecule has 1 aromatic rings. The predicted octanol–water partition coefficient (Wildman–Crippen LogP) is 0.147. The van der Waals surface area contributed by atoms with Crippen LogP contribution in [0.3, 0.4) is 0 Å². The van der Waals surface area contributed by atoms with Gasteiger partial charge in [-0.05, 0) is 18.1 Å². The van der Waals surface area contributed by atoms with Gasteiger partial charge < -0.3 is 9.80 Å². The minimum absolute atomic E-state index is 0.0385. The van der Waals surface area contributed by atoms with E-state index in [4.69, 9.17) is 0 Å². The molecule has 0 spiro atoms. The van der Waals surface area contributed by atoms with Crippen LogP contribution in [-0.2, 0) is 19.4 Å². The van der Waals surface area contributed by atoms with Gasteiger partial charge in [0, 0.05) is 25.7 Å². The first kappa shape index (κ1) is 19.5. The van der Waals surface area contributed by atoms with E-state index in [1.807, 2.05) is 13.8 Å². The van der Waals surface area contributed by atoms with Gasteiger partial charge in [-0.3, -0.25) is 19.4 Å². The van der Waals surface area contributed by atoms with Crippen LogP contribution in [0.5, 0.6) is 0 Å². The summed E-state index contributed by atoms with van der Waals surface area (Å²) in [6.45, 7) is 4.00. The number of aromatic nitrogens is 1. The third kappa shape index (κ3) is 4.02. The molecule has 2 atom stereocenters. The Morgan fingerprint density at radius 3 is 2.33 bits per heavy atom. The topological polar surface area (TPSA) is 105 Å². The molecule has 2 amide bonds. The number of hydrogen-bond acceptors (Lipinski definition) is 6. The van der Waals surface area contributed by atoms with Crippen molar-refractivity contribution in [1.82, 2.24) is 14.8 Å². The molecule has 0 N–H and O–H groups in total. The van der Waals surface area contributed by atoms with E-state index < -0.39 is 33.6 Å². The summed E-state index contributed by atoms with van der Waals surface area (Å²) in [5, 5.41) is 0. The van der Waals surface area contributed by atoms with Gasteiger partial charge in [0.2, 0.25) is 5.78 Å². The number of hydrogen-bond donors (Lipinski definition) is 0. The number of Topliss-reactive ketones (excluding diaryl/α,β-unsaturated/α-hetero) is 1. The van der Waals surface area contributed by atoms with Crippen LogP contribution in [0.4, 0.5) is 0 Å². The first-order valence-corrected chi connectivity index (χ1v) is 10.8. The molecule has 0 aliphatic carbocycles. The van der Waals surface area contributed by atoms with Crippen LogP contribution in [-0.4, -0.2) is 77.5 Å². The van der Waals surface area contributed by atoms with E-state index in [9.17, 15) is 22.8 Å². The molecule has 27 heavy (non-hydrogen) atoms. The fourth-order valence-electron chi connectivity index (χ4n) is 3.71. The standard InChI is InChI=1S/C18H23N3O5S/c1-12(2)9-16(22)18(24)21-8-7-20(14-10-27(25,26)11-15(14)21)17(23)13-5-3-4-6-19-13/h3-6,12,14-15H,7-11H2,1-2H3/t14-,15+/m1/s1. The van der Waals surface area contributed by atoms with Crippen molar-refractivity contribution in [3.8, 4) is 0 Å². The Kier molecular flexibility index (Phi) is 5.32. The summed E-state index contributed by atoms with van der Waals surface area (Å²) in [7, 11) is -3.41. The maximum absolute atomic E-state index is 12.8. The van der Waals surface area contributed by atoms with Gasteiger partial charge in [-0.1, -0.05) is 19.9 Å². The number of sulfone groups is 1. The van der Waals surface area contributed by atoms with Crippen molar-refractivity contribution in [1.29, 1.82) is 0 Å². The third-order valence-corrected chi connectivity index (χ3v) is 6.61. The van der Waals surface area contributed by atoms with Crippen molar-refractivity contribution in [2.75, 3.05) is 24.6 Å². The lowest BCUT2D eigenvalue weighted by Crippen LogP contribution is -2.63. The van der Waals surface area contributed by atoms with E-state index >= 15 is 0 Å². The van der Waals surface area contributed by atoms with E-state index in [-0.39, 0.29) is 48.5 Å². The summed E-state index contributed by atoms with van der Waals surface area (Å²) >= 11 is 0. The molecule has 2 aliphatic rings. The van der Waals surface area contributed by atoms with Crippen molar-refractivity contribution in [2.24, 2.45) is 5.92 Å². The van der Waals surface area contributed by atoms with Crippen LogP contribution < -0.4 is 0 Å². The average Bonchev–Trinajstić information content (AvgIpc) is 2.94. The van der Waals surface area contributed by atoms with Gasteiger partial charge in [0.05, 0.1) is 23.6 Å². The van der Waals surface area contributed by atoms with Crippen molar-refractivity contribution in [3.63, 3.8) is 0 Å². The maximum atomic E-state index is 12.8. The number of nitrogens with zero attached hydrogens (tertiary/aromatic N) is 3. The van der Waals surface area contributed by atoms with E-state index in [0.717, 1.165) is 0 Å². The fourth-order valence-corrected chi connectivity index (χ4v) is 5.69. The summed E-state index contributed by atoms with van der Waals surface area (Å²) in [6.07, 6.45) is 1.62. The molecule has 2 saturated heterocycles. The molecule has 3 rings (SSSR count). The van der Waals surface area contributed by atoms with Gasteiger partial charge in [0.15, 0.2) is 9.84 Å². The van der Waals surface area contributed by atoms with Gasteiger partial charge in [-0.2, -0.15) is 0 Å². The highest BCUT2D eigenvalue weighted by atomic mass is 32.2. The lowest BCUT2D eigenvalue weighted by atomic mass is 10.0. The van der Waals surface area contributed by atoms with E-state index in [0.29, 0.717) is 0 Å². The fraction of sp³-hybridized carbons (Fsp3) is 0.556. The minimum atomic E-state index is -3.41. The van der Waals surface area contributed by atoms with Crippen LogP contribution in [0.2, 0.25) is 0 Å². The van der Waals surface area contributed by atoms with E-state index in [2.05, 4.69) is 4.98 Å². The monoisotopic (exact) mass is 393 g/mol. The molecule has 3 heterocycles. The zero-order valence-electron chi connectivity index (χ0n) is 15.4. The average molecular weight is 393 g/mol. The van der Waals surface area contributed by atoms with E-state index in [1.165, 1.54) is 16.0 Å². The Bertz CT molecular complexity index is 853. The zero-order chi connectivity index (χ0) is 19.8. The molecule has 8 nitrogen and oxygen atoms in total. The lowest BCUT2D eigenvalue weighted by Gasteiger charge is -2.43. The van der Waals surface area contributed by atoms with Crippen molar-refractivity contribution >= 4 is 27.4 Å². The third-order valence-electron chi connectivity index (χ3n) is 4.91. The first-order chi connectivity index (χ1) is 12.7. The molecule has 2 aliphatic heterocycles. The summed E-state index contributed by atoms with van der Waals surface area (Å²) in [4.78, 5) is 44.5. The summed E-state index contributed by atoms with van der Waals surface area (Å²) in [5.74, 6) is -1.93. The lowest BCUT2D eigenvalue weighted by molar-refractivity contribution is -0.148. The number of fused-ring (bicyclic) bond motifs is 1. The highest BCUT2D eigenvalue weighted by Crippen LogP contribution is 2.28. The number of carbonyl (C=O) groups excluding carboxylic acids is 3. The number of pyridine rings is 1. The quantitative estimate of drug-likeness (QED) is 0.674. The Morgan fingerprint density at radius 2 is 1.74 bits per heavy atom. The molecule has 0 saturated carbocycles. The van der Waals surface area contributed by atoms with Crippen LogP contribution >= 0.6 is 0 Å². The van der Waals surface area contributed by atoms with Crippen LogP contribution in [0.1, 0.15) is 30.8 Å². The zero-order valence-corrected chi connectivity index (χ0v) is 16.2. The molecular weight excluding hydrogens is 370 g/mol. The van der Waals surface area contributed by atoms with Crippen molar-refractivity contribution in [2.45, 2.75) is 32.4 Å². The number of piperazine rings is 1. The maximum Gasteiger partial charge on any atom is 0.290 e. The Morgan fingerprint density at radius 1 is 1.11 bits per heavy atom. The van der Waals surface area contributed by atoms with Crippen molar-refractivity contribution < 1.29 is 22.8 Å². The molecule has 0 bridgehead atoms. The molecular formula is C18H23N3O5S. The second-order valence-electron chi connectivity index (χ2n) is 7.44. The van der Waals surface area contributed by atoms with Gasteiger partial charge >= 0.3 is 0 Å². The molecule has 1 aromatic heterocycles. The highest BCUT2D eigenvalue weighted by molar-refractivity contribution is 7.91. The summed E-state index contributed by atoms with van der Waals surface area (Å²) in [5.41, 5.74) is 0.233. The van der Waals surface area contributed by atoms with Gasteiger partial charge in [0.1, 0.15) is 5.69 Å². The first-order valence-electron chi connectivity index (χ1n) is 8.96. The van der Waals surface area contributed by atoms with Crippen molar-refractivity contribution in [3.05, 3.63) is 30.1 Å². The minimum Gasteiger partial charge on any atom is -0.329 e. The second kappa shape index (κ2) is 7.38. The van der Waals surface area contributed by atoms with Gasteiger partial charge in [-0.15, -0.1) is 0 Å². The van der Waals surface area contributed by atoms with Gasteiger partial charge in [-0.25, -0.2) is 8.42 Å².